The number of carbonyl (C=O) groups is 1. The van der Waals surface area contributed by atoms with Crippen molar-refractivity contribution in [2.24, 2.45) is 0 Å². The first kappa shape index (κ1) is 14.8. The molecule has 1 aromatic carbocycles. The maximum atomic E-state index is 12.1. The van der Waals surface area contributed by atoms with Gasteiger partial charge >= 0.3 is 0 Å². The summed E-state index contributed by atoms with van der Waals surface area (Å²) >= 11 is 0. The first-order valence-electron chi connectivity index (χ1n) is 6.59. The van der Waals surface area contributed by atoms with Crippen molar-refractivity contribution >= 4 is 5.91 Å². The largest absolute Gasteiger partial charge is 0.497 e. The molecule has 2 aromatic rings. The fraction of sp³-hybridized carbons (Fsp3) is 0.250. The Morgan fingerprint density at radius 3 is 2.62 bits per heavy atom. The highest BCUT2D eigenvalue weighted by Crippen LogP contribution is 2.29. The molecular formula is C16H18N2O3. The Kier molecular flexibility index (Phi) is 4.77. The van der Waals surface area contributed by atoms with Crippen LogP contribution in [-0.4, -0.2) is 25.1 Å². The summed E-state index contributed by atoms with van der Waals surface area (Å²) in [6, 6.07) is 10.5. The quantitative estimate of drug-likeness (QED) is 0.917. The van der Waals surface area contributed by atoms with Gasteiger partial charge in [-0.3, -0.25) is 9.78 Å². The van der Waals surface area contributed by atoms with Gasteiger partial charge in [0.25, 0.3) is 5.91 Å². The molecule has 0 aliphatic rings. The van der Waals surface area contributed by atoms with Crippen molar-refractivity contribution in [3.05, 3.63) is 53.9 Å². The lowest BCUT2D eigenvalue weighted by Gasteiger charge is -2.17. The minimum absolute atomic E-state index is 0.208. The van der Waals surface area contributed by atoms with Gasteiger partial charge in [-0.05, 0) is 31.2 Å². The zero-order valence-corrected chi connectivity index (χ0v) is 12.3. The number of benzene rings is 1. The molecule has 1 unspecified atom stereocenters. The van der Waals surface area contributed by atoms with E-state index in [4.69, 9.17) is 9.47 Å². The van der Waals surface area contributed by atoms with Crippen LogP contribution in [0.25, 0.3) is 0 Å². The van der Waals surface area contributed by atoms with Crippen LogP contribution in [0.4, 0.5) is 0 Å². The first-order valence-corrected chi connectivity index (χ1v) is 6.59. The van der Waals surface area contributed by atoms with Crippen LogP contribution in [0, 0.1) is 0 Å². The smallest absolute Gasteiger partial charge is 0.270 e. The summed E-state index contributed by atoms with van der Waals surface area (Å²) in [4.78, 5) is 16.1. The Morgan fingerprint density at radius 1 is 1.19 bits per heavy atom. The second-order valence-electron chi connectivity index (χ2n) is 4.52. The molecule has 1 N–H and O–H groups in total. The minimum Gasteiger partial charge on any atom is -0.497 e. The standard InChI is InChI=1S/C16H18N2O3/c1-11(18-16(19)14-6-4-5-9-17-14)13-8-7-12(20-2)10-15(13)21-3/h4-11H,1-3H3,(H,18,19). The predicted molar refractivity (Wildman–Crippen MR) is 79.7 cm³/mol. The van der Waals surface area contributed by atoms with Gasteiger partial charge < -0.3 is 14.8 Å². The summed E-state index contributed by atoms with van der Waals surface area (Å²) in [5.41, 5.74) is 1.26. The van der Waals surface area contributed by atoms with Crippen LogP contribution in [0.2, 0.25) is 0 Å². The normalized spacial score (nSPS) is 11.6. The van der Waals surface area contributed by atoms with Gasteiger partial charge in [-0.1, -0.05) is 6.07 Å². The van der Waals surface area contributed by atoms with E-state index >= 15 is 0 Å². The van der Waals surface area contributed by atoms with E-state index in [1.807, 2.05) is 19.1 Å². The number of pyridine rings is 1. The fourth-order valence-electron chi connectivity index (χ4n) is 2.02. The number of amides is 1. The van der Waals surface area contributed by atoms with Crippen LogP contribution in [0.3, 0.4) is 0 Å². The van der Waals surface area contributed by atoms with Crippen molar-refractivity contribution in [1.29, 1.82) is 0 Å². The molecule has 0 spiro atoms. The van der Waals surface area contributed by atoms with E-state index in [-0.39, 0.29) is 11.9 Å². The highest BCUT2D eigenvalue weighted by atomic mass is 16.5. The second-order valence-corrected chi connectivity index (χ2v) is 4.52. The number of ether oxygens (including phenoxy) is 2. The molecular weight excluding hydrogens is 268 g/mol. The maximum Gasteiger partial charge on any atom is 0.270 e. The highest BCUT2D eigenvalue weighted by Gasteiger charge is 2.16. The van der Waals surface area contributed by atoms with Gasteiger partial charge in [0.15, 0.2) is 0 Å². The Labute approximate surface area is 123 Å². The SMILES string of the molecule is COc1ccc(C(C)NC(=O)c2ccccn2)c(OC)c1. The Hall–Kier alpha value is -2.56. The van der Waals surface area contributed by atoms with Crippen LogP contribution in [0.1, 0.15) is 29.0 Å². The molecule has 5 nitrogen and oxygen atoms in total. The number of aromatic nitrogens is 1. The summed E-state index contributed by atoms with van der Waals surface area (Å²) < 4.78 is 10.5. The number of rotatable bonds is 5. The molecule has 1 amide bonds. The number of nitrogens with zero attached hydrogens (tertiary/aromatic N) is 1. The molecule has 0 radical (unpaired) electrons. The van der Waals surface area contributed by atoms with Gasteiger partial charge in [0.05, 0.1) is 20.3 Å². The summed E-state index contributed by atoms with van der Waals surface area (Å²) in [7, 11) is 3.19. The lowest BCUT2D eigenvalue weighted by Crippen LogP contribution is -2.27. The predicted octanol–water partition coefficient (Wildman–Crippen LogP) is 2.59. The molecule has 0 bridgehead atoms. The lowest BCUT2D eigenvalue weighted by molar-refractivity contribution is 0.0934. The van der Waals surface area contributed by atoms with E-state index < -0.39 is 0 Å². The van der Waals surface area contributed by atoms with Gasteiger partial charge in [0, 0.05) is 17.8 Å². The number of nitrogens with one attached hydrogen (secondary N) is 1. The molecule has 1 heterocycles. The molecule has 2 rings (SSSR count). The van der Waals surface area contributed by atoms with E-state index in [1.165, 1.54) is 0 Å². The third-order valence-corrected chi connectivity index (χ3v) is 3.15. The Bertz CT molecular complexity index is 614. The van der Waals surface area contributed by atoms with E-state index in [2.05, 4.69) is 10.3 Å². The van der Waals surface area contributed by atoms with Gasteiger partial charge in [-0.2, -0.15) is 0 Å². The molecule has 1 aromatic heterocycles. The van der Waals surface area contributed by atoms with Crippen molar-refractivity contribution in [2.45, 2.75) is 13.0 Å². The van der Waals surface area contributed by atoms with E-state index in [1.54, 1.807) is 44.7 Å². The molecule has 0 saturated carbocycles. The van der Waals surface area contributed by atoms with Gasteiger partial charge in [0.1, 0.15) is 17.2 Å². The van der Waals surface area contributed by atoms with E-state index in [9.17, 15) is 4.79 Å². The number of methoxy groups -OCH3 is 2. The Balaban J connectivity index is 2.17. The summed E-state index contributed by atoms with van der Waals surface area (Å²) in [6.45, 7) is 1.89. The van der Waals surface area contributed by atoms with Crippen molar-refractivity contribution in [2.75, 3.05) is 14.2 Å². The van der Waals surface area contributed by atoms with Crippen LogP contribution in [0.15, 0.2) is 42.6 Å². The second kappa shape index (κ2) is 6.74. The summed E-state index contributed by atoms with van der Waals surface area (Å²) in [5, 5.41) is 2.90. The topological polar surface area (TPSA) is 60.5 Å². The minimum atomic E-state index is -0.221. The van der Waals surface area contributed by atoms with E-state index in [0.717, 1.165) is 5.56 Å². The number of hydrogen-bond donors (Lipinski definition) is 1. The van der Waals surface area contributed by atoms with Crippen molar-refractivity contribution in [1.82, 2.24) is 10.3 Å². The zero-order valence-electron chi connectivity index (χ0n) is 12.3. The third kappa shape index (κ3) is 3.51. The first-order chi connectivity index (χ1) is 10.2. The molecule has 0 aliphatic carbocycles. The average Bonchev–Trinajstić information content (AvgIpc) is 2.54. The lowest BCUT2D eigenvalue weighted by atomic mass is 10.1. The number of carbonyl (C=O) groups excluding carboxylic acids is 1. The van der Waals surface area contributed by atoms with Crippen molar-refractivity contribution in [3.8, 4) is 11.5 Å². The van der Waals surface area contributed by atoms with Crippen molar-refractivity contribution in [3.63, 3.8) is 0 Å². The van der Waals surface area contributed by atoms with Crippen LogP contribution < -0.4 is 14.8 Å². The van der Waals surface area contributed by atoms with Gasteiger partial charge in [-0.25, -0.2) is 0 Å². The molecule has 110 valence electrons. The van der Waals surface area contributed by atoms with Crippen molar-refractivity contribution < 1.29 is 14.3 Å². The fourth-order valence-corrected chi connectivity index (χ4v) is 2.02. The highest BCUT2D eigenvalue weighted by molar-refractivity contribution is 5.92. The molecule has 21 heavy (non-hydrogen) atoms. The third-order valence-electron chi connectivity index (χ3n) is 3.15. The molecule has 5 heteroatoms. The van der Waals surface area contributed by atoms with Gasteiger partial charge in [0.2, 0.25) is 0 Å². The molecule has 0 fully saturated rings. The van der Waals surface area contributed by atoms with Crippen LogP contribution in [-0.2, 0) is 0 Å². The molecule has 0 aliphatic heterocycles. The Morgan fingerprint density at radius 2 is 2.00 bits per heavy atom. The average molecular weight is 286 g/mol. The summed E-state index contributed by atoms with van der Waals surface area (Å²) in [5.74, 6) is 1.16. The van der Waals surface area contributed by atoms with E-state index in [0.29, 0.717) is 17.2 Å². The zero-order chi connectivity index (χ0) is 15.2. The number of hydrogen-bond acceptors (Lipinski definition) is 4. The molecule has 1 atom stereocenters. The maximum absolute atomic E-state index is 12.1. The summed E-state index contributed by atoms with van der Waals surface area (Å²) in [6.07, 6.45) is 1.59. The molecule has 0 saturated heterocycles. The van der Waals surface area contributed by atoms with Crippen LogP contribution >= 0.6 is 0 Å². The van der Waals surface area contributed by atoms with Gasteiger partial charge in [-0.15, -0.1) is 0 Å². The van der Waals surface area contributed by atoms with Crippen LogP contribution in [0.5, 0.6) is 11.5 Å². The monoisotopic (exact) mass is 286 g/mol.